The van der Waals surface area contributed by atoms with Crippen molar-refractivity contribution < 1.29 is 43.5 Å². The molecule has 2 N–H and O–H groups in total. The van der Waals surface area contributed by atoms with Crippen molar-refractivity contribution in [2.75, 3.05) is 46.2 Å². The summed E-state index contributed by atoms with van der Waals surface area (Å²) in [5.41, 5.74) is 1.43. The summed E-state index contributed by atoms with van der Waals surface area (Å²) in [7, 11) is 0. The molecule has 1 unspecified atom stereocenters. The highest BCUT2D eigenvalue weighted by Crippen LogP contribution is 2.19. The lowest BCUT2D eigenvalue weighted by atomic mass is 9.91. The van der Waals surface area contributed by atoms with Gasteiger partial charge in [0, 0.05) is 29.2 Å². The zero-order valence-electron chi connectivity index (χ0n) is 21.4. The van der Waals surface area contributed by atoms with Crippen molar-refractivity contribution in [1.82, 2.24) is 0 Å². The number of aliphatic carboxylic acids is 2. The number of carboxylic acid groups (broad SMARTS) is 2. The molecule has 1 aromatic carbocycles. The van der Waals surface area contributed by atoms with Crippen molar-refractivity contribution in [3.05, 3.63) is 71.8 Å². The Morgan fingerprint density at radius 1 is 0.861 bits per heavy atom. The second kappa shape index (κ2) is 20.0. The third-order valence-electron chi connectivity index (χ3n) is 4.57. The molecule has 9 heteroatoms. The Morgan fingerprint density at radius 3 is 1.86 bits per heavy atom. The van der Waals surface area contributed by atoms with Crippen LogP contribution in [-0.2, 0) is 39.8 Å². The van der Waals surface area contributed by atoms with Gasteiger partial charge in [-0.1, -0.05) is 49.6 Å². The summed E-state index contributed by atoms with van der Waals surface area (Å²) in [4.78, 5) is 32.8. The van der Waals surface area contributed by atoms with E-state index >= 15 is 0 Å². The summed E-state index contributed by atoms with van der Waals surface area (Å²) >= 11 is 0. The van der Waals surface area contributed by atoms with Gasteiger partial charge < -0.3 is 29.2 Å². The first kappa shape index (κ1) is 32.7. The monoisotopic (exact) mass is 506 g/mol. The number of carbonyl (C=O) groups is 3. The fourth-order valence-electron chi connectivity index (χ4n) is 2.58. The van der Waals surface area contributed by atoms with Crippen molar-refractivity contribution in [1.29, 1.82) is 0 Å². The summed E-state index contributed by atoms with van der Waals surface area (Å²) in [5, 5.41) is 17.9. The van der Waals surface area contributed by atoms with Gasteiger partial charge in [-0.2, -0.15) is 0 Å². The molecule has 1 atom stereocenters. The first-order valence-electron chi connectivity index (χ1n) is 11.5. The van der Waals surface area contributed by atoms with Crippen LogP contribution in [0.3, 0.4) is 0 Å². The Hall–Kier alpha value is -3.27. The molecule has 0 heterocycles. The first-order chi connectivity index (χ1) is 17.1. The van der Waals surface area contributed by atoms with Gasteiger partial charge in [0.15, 0.2) is 0 Å². The van der Waals surface area contributed by atoms with Crippen LogP contribution in [0.2, 0.25) is 0 Å². The van der Waals surface area contributed by atoms with Crippen LogP contribution in [-0.4, -0.2) is 74.4 Å². The van der Waals surface area contributed by atoms with Crippen LogP contribution in [0.4, 0.5) is 0 Å². The van der Waals surface area contributed by atoms with E-state index in [-0.39, 0.29) is 23.7 Å². The smallest absolute Gasteiger partial charge is 0.333 e. The second-order valence-electron chi connectivity index (χ2n) is 7.62. The van der Waals surface area contributed by atoms with Crippen molar-refractivity contribution >= 4 is 17.9 Å². The van der Waals surface area contributed by atoms with Gasteiger partial charge in [0.05, 0.1) is 33.0 Å². The molecule has 0 aromatic heterocycles. The molecule has 0 aliphatic carbocycles. The summed E-state index contributed by atoms with van der Waals surface area (Å²) in [6.07, 6.45) is 1.85. The fraction of sp³-hybridized carbons (Fsp3) is 0.444. The molecule has 36 heavy (non-hydrogen) atoms. The summed E-state index contributed by atoms with van der Waals surface area (Å²) < 4.78 is 20.4. The first-order valence-corrected chi connectivity index (χ1v) is 11.5. The minimum atomic E-state index is -1.12. The van der Waals surface area contributed by atoms with E-state index in [0.717, 1.165) is 5.56 Å². The maximum absolute atomic E-state index is 11.0. The number of ether oxygens (including phenoxy) is 4. The Kier molecular flexibility index (Phi) is 18.2. The molecule has 1 rings (SSSR count). The second-order valence-corrected chi connectivity index (χ2v) is 7.62. The quantitative estimate of drug-likeness (QED) is 0.185. The molecule has 1 aromatic rings. The molecular formula is C27H38O9. The summed E-state index contributed by atoms with van der Waals surface area (Å²) in [6, 6.07) is 9.30. The SMILES string of the molecule is C=C(C(=O)O)C(C=C(C)C(=O)O)Cc1ccccc1.C=C(C)C(=O)OCCOCCOCCOCC. The lowest BCUT2D eigenvalue weighted by molar-refractivity contribution is -0.140. The van der Waals surface area contributed by atoms with Crippen molar-refractivity contribution in [3.8, 4) is 0 Å². The minimum Gasteiger partial charge on any atom is -0.478 e. The van der Waals surface area contributed by atoms with Crippen LogP contribution in [0.15, 0.2) is 66.3 Å². The lowest BCUT2D eigenvalue weighted by Gasteiger charge is -2.13. The van der Waals surface area contributed by atoms with E-state index in [1.54, 1.807) is 6.92 Å². The van der Waals surface area contributed by atoms with E-state index in [1.807, 2.05) is 37.3 Å². The maximum Gasteiger partial charge on any atom is 0.333 e. The molecule has 0 spiro atoms. The van der Waals surface area contributed by atoms with Gasteiger partial charge >= 0.3 is 17.9 Å². The predicted molar refractivity (Wildman–Crippen MR) is 136 cm³/mol. The molecule has 0 saturated carbocycles. The number of carboxylic acids is 2. The van der Waals surface area contributed by atoms with Gasteiger partial charge in [0.25, 0.3) is 0 Å². The normalized spacial score (nSPS) is 11.6. The molecular weight excluding hydrogens is 468 g/mol. The average Bonchev–Trinajstić information content (AvgIpc) is 2.84. The molecule has 0 aliphatic rings. The van der Waals surface area contributed by atoms with Crippen LogP contribution < -0.4 is 0 Å². The van der Waals surface area contributed by atoms with E-state index < -0.39 is 17.9 Å². The predicted octanol–water partition coefficient (Wildman–Crippen LogP) is 3.69. The highest BCUT2D eigenvalue weighted by Gasteiger charge is 2.18. The van der Waals surface area contributed by atoms with E-state index in [9.17, 15) is 14.4 Å². The van der Waals surface area contributed by atoms with E-state index in [1.165, 1.54) is 13.0 Å². The number of rotatable bonds is 17. The maximum atomic E-state index is 11.0. The summed E-state index contributed by atoms with van der Waals surface area (Å²) in [5.74, 6) is -3.09. The van der Waals surface area contributed by atoms with Crippen molar-refractivity contribution in [3.63, 3.8) is 0 Å². The topological polar surface area (TPSA) is 129 Å². The number of hydrogen-bond acceptors (Lipinski definition) is 7. The molecule has 200 valence electrons. The van der Waals surface area contributed by atoms with Gasteiger partial charge in [0.1, 0.15) is 6.61 Å². The highest BCUT2D eigenvalue weighted by molar-refractivity contribution is 5.89. The zero-order valence-corrected chi connectivity index (χ0v) is 21.4. The standard InChI is InChI=1S/C15H16O4.C12H22O5/c1-10(14(16)17)8-13(11(2)15(18)19)9-12-6-4-3-5-7-12;1-4-14-5-6-15-7-8-16-9-10-17-12(13)11(2)3/h3-8,13H,2,9H2,1H3,(H,16,17)(H,18,19);2,4-10H2,1,3H3. The van der Waals surface area contributed by atoms with Crippen molar-refractivity contribution in [2.45, 2.75) is 27.2 Å². The molecule has 0 saturated heterocycles. The molecule has 0 aliphatic heterocycles. The largest absolute Gasteiger partial charge is 0.478 e. The van der Waals surface area contributed by atoms with Gasteiger partial charge in [-0.25, -0.2) is 14.4 Å². The third kappa shape index (κ3) is 16.4. The highest BCUT2D eigenvalue weighted by atomic mass is 16.6. The Balaban J connectivity index is 0.000000686. The van der Waals surface area contributed by atoms with Crippen LogP contribution in [0.25, 0.3) is 0 Å². The molecule has 9 nitrogen and oxygen atoms in total. The molecule has 0 radical (unpaired) electrons. The Labute approximate surface area is 213 Å². The number of allylic oxidation sites excluding steroid dienone is 1. The van der Waals surface area contributed by atoms with Gasteiger partial charge in [-0.05, 0) is 32.8 Å². The number of esters is 1. The van der Waals surface area contributed by atoms with Crippen LogP contribution in [0.5, 0.6) is 0 Å². The van der Waals surface area contributed by atoms with Gasteiger partial charge in [0.2, 0.25) is 0 Å². The fourth-order valence-corrected chi connectivity index (χ4v) is 2.58. The zero-order chi connectivity index (χ0) is 27.3. The van der Waals surface area contributed by atoms with Gasteiger partial charge in [-0.15, -0.1) is 0 Å². The average molecular weight is 507 g/mol. The molecule has 0 amide bonds. The van der Waals surface area contributed by atoms with Crippen LogP contribution in [0.1, 0.15) is 26.3 Å². The number of benzene rings is 1. The number of carbonyl (C=O) groups excluding carboxylic acids is 1. The third-order valence-corrected chi connectivity index (χ3v) is 4.57. The van der Waals surface area contributed by atoms with Crippen LogP contribution >= 0.6 is 0 Å². The lowest BCUT2D eigenvalue weighted by Crippen LogP contribution is -2.14. The van der Waals surface area contributed by atoms with E-state index in [0.29, 0.717) is 51.6 Å². The Morgan fingerprint density at radius 2 is 1.39 bits per heavy atom. The van der Waals surface area contributed by atoms with Crippen molar-refractivity contribution in [2.24, 2.45) is 5.92 Å². The Bertz CT molecular complexity index is 859. The summed E-state index contributed by atoms with van der Waals surface area (Å²) in [6.45, 7) is 15.5. The molecule has 0 fully saturated rings. The van der Waals surface area contributed by atoms with Crippen LogP contribution in [0, 0.1) is 5.92 Å². The molecule has 0 bridgehead atoms. The van der Waals surface area contributed by atoms with E-state index in [4.69, 9.17) is 29.2 Å². The van der Waals surface area contributed by atoms with Gasteiger partial charge in [-0.3, -0.25) is 0 Å². The van der Waals surface area contributed by atoms with E-state index in [2.05, 4.69) is 13.2 Å². The number of hydrogen-bond donors (Lipinski definition) is 2. The minimum absolute atomic E-state index is 0.00977.